The molecule has 1 aromatic heterocycles. The summed E-state index contributed by atoms with van der Waals surface area (Å²) >= 11 is 0. The molecule has 0 spiro atoms. The molecule has 1 N–H and O–H groups in total. The zero-order chi connectivity index (χ0) is 12.4. The van der Waals surface area contributed by atoms with Gasteiger partial charge < -0.3 is 14.5 Å². The van der Waals surface area contributed by atoms with E-state index in [2.05, 4.69) is 16.4 Å². The molecule has 0 fully saturated rings. The highest BCUT2D eigenvalue weighted by Gasteiger charge is 2.14. The van der Waals surface area contributed by atoms with Crippen LogP contribution in [0.25, 0.3) is 11.3 Å². The lowest BCUT2D eigenvalue weighted by molar-refractivity contribution is 0.357. The molecule has 1 aliphatic heterocycles. The second-order valence-electron chi connectivity index (χ2n) is 4.39. The molecule has 94 valence electrons. The summed E-state index contributed by atoms with van der Waals surface area (Å²) in [6, 6.07) is 6.16. The minimum absolute atomic E-state index is 0.774. The molecule has 0 saturated heterocycles. The number of oxazole rings is 1. The minimum atomic E-state index is 0.774. The number of ether oxygens (including phenoxy) is 1. The molecular formula is C14H16N2O2. The van der Waals surface area contributed by atoms with Crippen LogP contribution in [0.1, 0.15) is 11.5 Å². The number of benzene rings is 1. The minimum Gasteiger partial charge on any atom is -0.493 e. The topological polar surface area (TPSA) is 47.3 Å². The molecule has 18 heavy (non-hydrogen) atoms. The van der Waals surface area contributed by atoms with Crippen LogP contribution in [0.3, 0.4) is 0 Å². The number of rotatable bonds is 4. The van der Waals surface area contributed by atoms with Crippen molar-refractivity contribution in [3.05, 3.63) is 35.9 Å². The van der Waals surface area contributed by atoms with Crippen molar-refractivity contribution in [2.75, 3.05) is 20.2 Å². The van der Waals surface area contributed by atoms with E-state index in [0.29, 0.717) is 0 Å². The largest absolute Gasteiger partial charge is 0.493 e. The van der Waals surface area contributed by atoms with E-state index in [9.17, 15) is 0 Å². The molecule has 0 amide bonds. The monoisotopic (exact) mass is 244 g/mol. The van der Waals surface area contributed by atoms with Crippen LogP contribution in [0, 0.1) is 0 Å². The van der Waals surface area contributed by atoms with Gasteiger partial charge in [-0.05, 0) is 30.8 Å². The number of aromatic nitrogens is 1. The fourth-order valence-corrected chi connectivity index (χ4v) is 2.13. The van der Waals surface area contributed by atoms with E-state index in [1.165, 1.54) is 5.56 Å². The second-order valence-corrected chi connectivity index (χ2v) is 4.39. The molecule has 1 aliphatic rings. The van der Waals surface area contributed by atoms with Gasteiger partial charge in [-0.1, -0.05) is 0 Å². The van der Waals surface area contributed by atoms with E-state index >= 15 is 0 Å². The Morgan fingerprint density at radius 3 is 3.22 bits per heavy atom. The molecule has 2 aromatic rings. The van der Waals surface area contributed by atoms with Crippen molar-refractivity contribution in [1.82, 2.24) is 10.3 Å². The third kappa shape index (κ3) is 2.11. The Morgan fingerprint density at radius 2 is 2.33 bits per heavy atom. The van der Waals surface area contributed by atoms with Gasteiger partial charge >= 0.3 is 0 Å². The van der Waals surface area contributed by atoms with Gasteiger partial charge in [0.2, 0.25) is 0 Å². The fourth-order valence-electron chi connectivity index (χ4n) is 2.13. The van der Waals surface area contributed by atoms with Crippen molar-refractivity contribution < 1.29 is 9.15 Å². The van der Waals surface area contributed by atoms with Crippen LogP contribution in [0.15, 0.2) is 28.8 Å². The number of hydrogen-bond donors (Lipinski definition) is 1. The summed E-state index contributed by atoms with van der Waals surface area (Å²) in [5.74, 6) is 2.60. The number of likely N-dealkylation sites (N-methyl/N-ethyl adjacent to an activating group) is 1. The van der Waals surface area contributed by atoms with E-state index in [1.54, 1.807) is 6.20 Å². The smallest absolute Gasteiger partial charge is 0.196 e. The van der Waals surface area contributed by atoms with Crippen LogP contribution in [0.4, 0.5) is 0 Å². The molecule has 0 bridgehead atoms. The average molecular weight is 244 g/mol. The lowest BCUT2D eigenvalue weighted by Crippen LogP contribution is -2.10. The Balaban J connectivity index is 1.83. The molecule has 0 atom stereocenters. The maximum atomic E-state index is 5.74. The highest BCUT2D eigenvalue weighted by atomic mass is 16.5. The van der Waals surface area contributed by atoms with E-state index in [0.717, 1.165) is 49.0 Å². The maximum absolute atomic E-state index is 5.74. The van der Waals surface area contributed by atoms with Crippen molar-refractivity contribution in [2.45, 2.75) is 12.8 Å². The maximum Gasteiger partial charge on any atom is 0.196 e. The van der Waals surface area contributed by atoms with Crippen molar-refractivity contribution in [2.24, 2.45) is 0 Å². The second kappa shape index (κ2) is 4.82. The van der Waals surface area contributed by atoms with E-state index in [-0.39, 0.29) is 0 Å². The van der Waals surface area contributed by atoms with Crippen LogP contribution in [-0.4, -0.2) is 25.2 Å². The first-order valence-corrected chi connectivity index (χ1v) is 6.22. The molecule has 0 radical (unpaired) electrons. The molecule has 0 unspecified atom stereocenters. The summed E-state index contributed by atoms with van der Waals surface area (Å²) in [6.45, 7) is 1.65. The van der Waals surface area contributed by atoms with Crippen LogP contribution in [-0.2, 0) is 12.8 Å². The van der Waals surface area contributed by atoms with Gasteiger partial charge in [0.25, 0.3) is 0 Å². The fraction of sp³-hybridized carbons (Fsp3) is 0.357. The van der Waals surface area contributed by atoms with E-state index in [1.807, 2.05) is 19.2 Å². The Labute approximate surface area is 106 Å². The normalized spacial score (nSPS) is 13.4. The van der Waals surface area contributed by atoms with Gasteiger partial charge in [0.15, 0.2) is 11.7 Å². The molecule has 3 rings (SSSR count). The number of nitrogens with zero attached hydrogens (tertiary/aromatic N) is 1. The molecule has 4 nitrogen and oxygen atoms in total. The van der Waals surface area contributed by atoms with Crippen LogP contribution in [0.2, 0.25) is 0 Å². The van der Waals surface area contributed by atoms with E-state index in [4.69, 9.17) is 9.15 Å². The number of hydrogen-bond acceptors (Lipinski definition) is 4. The van der Waals surface area contributed by atoms with Crippen molar-refractivity contribution in [3.8, 4) is 17.1 Å². The van der Waals surface area contributed by atoms with Crippen LogP contribution >= 0.6 is 0 Å². The number of nitrogens with one attached hydrogen (secondary N) is 1. The number of fused-ring (bicyclic) bond motifs is 1. The highest BCUT2D eigenvalue weighted by Crippen LogP contribution is 2.30. The Hall–Kier alpha value is -1.81. The predicted molar refractivity (Wildman–Crippen MR) is 68.8 cm³/mol. The van der Waals surface area contributed by atoms with Gasteiger partial charge in [0, 0.05) is 24.9 Å². The molecule has 0 aliphatic carbocycles. The first-order valence-electron chi connectivity index (χ1n) is 6.22. The predicted octanol–water partition coefficient (Wildman–Crippen LogP) is 2.04. The molecule has 4 heteroatoms. The summed E-state index contributed by atoms with van der Waals surface area (Å²) in [6.07, 6.45) is 3.58. The molecular weight excluding hydrogens is 228 g/mol. The van der Waals surface area contributed by atoms with Crippen molar-refractivity contribution >= 4 is 0 Å². The Bertz CT molecular complexity index is 548. The van der Waals surface area contributed by atoms with Gasteiger partial charge in [-0.3, -0.25) is 0 Å². The first kappa shape index (κ1) is 11.3. The van der Waals surface area contributed by atoms with Gasteiger partial charge in [0.1, 0.15) is 5.75 Å². The van der Waals surface area contributed by atoms with Crippen molar-refractivity contribution in [3.63, 3.8) is 0 Å². The van der Waals surface area contributed by atoms with Gasteiger partial charge in [0.05, 0.1) is 12.8 Å². The van der Waals surface area contributed by atoms with E-state index < -0.39 is 0 Å². The Kier molecular flexibility index (Phi) is 3.02. The first-order chi connectivity index (χ1) is 8.86. The lowest BCUT2D eigenvalue weighted by atomic mass is 10.1. The standard InChI is InChI=1S/C14H16N2O2/c1-15-6-4-14-16-9-13(18-14)10-2-3-12-11(8-10)5-7-17-12/h2-3,8-9,15H,4-7H2,1H3. The summed E-state index contributed by atoms with van der Waals surface area (Å²) in [7, 11) is 1.92. The average Bonchev–Trinajstić information content (AvgIpc) is 3.04. The van der Waals surface area contributed by atoms with Crippen molar-refractivity contribution in [1.29, 1.82) is 0 Å². The molecule has 0 saturated carbocycles. The van der Waals surface area contributed by atoms with Gasteiger partial charge in [-0.25, -0.2) is 4.98 Å². The molecule has 2 heterocycles. The van der Waals surface area contributed by atoms with Crippen LogP contribution < -0.4 is 10.1 Å². The quantitative estimate of drug-likeness (QED) is 0.894. The summed E-state index contributed by atoms with van der Waals surface area (Å²) in [5, 5.41) is 3.08. The Morgan fingerprint density at radius 1 is 1.39 bits per heavy atom. The van der Waals surface area contributed by atoms with Gasteiger partial charge in [-0.2, -0.15) is 0 Å². The zero-order valence-electron chi connectivity index (χ0n) is 10.4. The third-order valence-corrected chi connectivity index (χ3v) is 3.12. The van der Waals surface area contributed by atoms with Crippen LogP contribution in [0.5, 0.6) is 5.75 Å². The summed E-state index contributed by atoms with van der Waals surface area (Å²) in [4.78, 5) is 4.29. The SMILES string of the molecule is CNCCc1ncc(-c2ccc3c(c2)CCO3)o1. The summed E-state index contributed by atoms with van der Waals surface area (Å²) in [5.41, 5.74) is 2.32. The zero-order valence-corrected chi connectivity index (χ0v) is 10.4. The molecule has 1 aromatic carbocycles. The third-order valence-electron chi connectivity index (χ3n) is 3.12. The lowest BCUT2D eigenvalue weighted by Gasteiger charge is -2.01. The van der Waals surface area contributed by atoms with Gasteiger partial charge in [-0.15, -0.1) is 0 Å². The highest BCUT2D eigenvalue weighted by molar-refractivity contribution is 5.60. The summed E-state index contributed by atoms with van der Waals surface area (Å²) < 4.78 is 11.2.